The Morgan fingerprint density at radius 1 is 1.29 bits per heavy atom. The molecule has 0 atom stereocenters. The maximum atomic E-state index is 11.8. The molecule has 1 amide bonds. The van der Waals surface area contributed by atoms with Gasteiger partial charge in [-0.1, -0.05) is 23.7 Å². The lowest BCUT2D eigenvalue weighted by molar-refractivity contribution is -0.125. The molecule has 0 bridgehead atoms. The van der Waals surface area contributed by atoms with Crippen molar-refractivity contribution < 1.29 is 4.79 Å². The zero-order valence-electron chi connectivity index (χ0n) is 9.95. The molecular formula is C12H16BClN2O. The number of piperidine rings is 1. The van der Waals surface area contributed by atoms with Crippen LogP contribution in [0.25, 0.3) is 0 Å². The number of halogens is 1. The molecule has 0 unspecified atom stereocenters. The van der Waals surface area contributed by atoms with E-state index in [0.717, 1.165) is 31.5 Å². The van der Waals surface area contributed by atoms with E-state index in [9.17, 15) is 4.79 Å². The fraction of sp³-hybridized carbons (Fsp3) is 0.417. The molecule has 1 heterocycles. The van der Waals surface area contributed by atoms with Crippen molar-refractivity contribution in [1.82, 2.24) is 4.81 Å². The molecule has 1 saturated heterocycles. The smallest absolute Gasteiger partial charge is 0.228 e. The second-order valence-electron chi connectivity index (χ2n) is 4.76. The Morgan fingerprint density at radius 2 is 1.82 bits per heavy atom. The summed E-state index contributed by atoms with van der Waals surface area (Å²) in [5, 5.41) is 0.682. The first-order valence-electron chi connectivity index (χ1n) is 5.79. The summed E-state index contributed by atoms with van der Waals surface area (Å²) in [5.41, 5.74) is 6.10. The van der Waals surface area contributed by atoms with Crippen LogP contribution >= 0.6 is 11.6 Å². The largest absolute Gasteiger partial charge is 0.369 e. The third-order valence-electron chi connectivity index (χ3n) is 3.71. The lowest BCUT2D eigenvalue weighted by Crippen LogP contribution is -2.49. The second-order valence-corrected chi connectivity index (χ2v) is 5.19. The molecule has 0 saturated carbocycles. The highest BCUT2D eigenvalue weighted by Crippen LogP contribution is 2.35. The molecule has 3 nitrogen and oxygen atoms in total. The minimum Gasteiger partial charge on any atom is -0.369 e. The first-order chi connectivity index (χ1) is 8.04. The van der Waals surface area contributed by atoms with Crippen molar-refractivity contribution >= 4 is 25.5 Å². The van der Waals surface area contributed by atoms with Gasteiger partial charge in [-0.15, -0.1) is 0 Å². The number of primary amides is 1. The molecule has 17 heavy (non-hydrogen) atoms. The van der Waals surface area contributed by atoms with Crippen molar-refractivity contribution in [1.29, 1.82) is 0 Å². The van der Waals surface area contributed by atoms with E-state index in [1.54, 1.807) is 0 Å². The Hall–Kier alpha value is -0.995. The van der Waals surface area contributed by atoms with Gasteiger partial charge in [0.2, 0.25) is 5.91 Å². The Kier molecular flexibility index (Phi) is 3.45. The van der Waals surface area contributed by atoms with Crippen molar-refractivity contribution in [2.75, 3.05) is 13.1 Å². The van der Waals surface area contributed by atoms with Crippen LogP contribution in [0.15, 0.2) is 24.3 Å². The molecule has 1 aliphatic heterocycles. The van der Waals surface area contributed by atoms with E-state index in [2.05, 4.69) is 12.8 Å². The summed E-state index contributed by atoms with van der Waals surface area (Å²) >= 11 is 5.87. The third-order valence-corrected chi connectivity index (χ3v) is 3.96. The first-order valence-corrected chi connectivity index (χ1v) is 6.17. The molecule has 0 aliphatic carbocycles. The maximum absolute atomic E-state index is 11.8. The Morgan fingerprint density at radius 3 is 2.29 bits per heavy atom. The lowest BCUT2D eigenvalue weighted by atomic mass is 9.71. The van der Waals surface area contributed by atoms with Crippen LogP contribution in [0.1, 0.15) is 18.4 Å². The Labute approximate surface area is 107 Å². The zero-order chi connectivity index (χ0) is 12.5. The summed E-state index contributed by atoms with van der Waals surface area (Å²) < 4.78 is 0. The predicted molar refractivity (Wildman–Crippen MR) is 71.7 cm³/mol. The van der Waals surface area contributed by atoms with Crippen molar-refractivity contribution in [2.24, 2.45) is 5.73 Å². The molecule has 1 aromatic carbocycles. The Bertz CT molecular complexity index is 413. The van der Waals surface area contributed by atoms with Crippen LogP contribution in [0.4, 0.5) is 0 Å². The molecule has 5 heteroatoms. The fourth-order valence-electron chi connectivity index (χ4n) is 2.45. The number of carbonyl (C=O) groups is 1. The van der Waals surface area contributed by atoms with E-state index in [-0.39, 0.29) is 5.91 Å². The van der Waals surface area contributed by atoms with E-state index in [1.807, 2.05) is 24.3 Å². The van der Waals surface area contributed by atoms with E-state index in [4.69, 9.17) is 17.3 Å². The molecule has 90 valence electrons. The molecule has 2 rings (SSSR count). The number of nitrogens with two attached hydrogens (primary N) is 1. The predicted octanol–water partition coefficient (Wildman–Crippen LogP) is 0.707. The number of amides is 1. The monoisotopic (exact) mass is 250 g/mol. The number of nitrogens with zero attached hydrogens (tertiary/aromatic N) is 1. The van der Waals surface area contributed by atoms with Crippen LogP contribution in [0.5, 0.6) is 0 Å². The fourth-order valence-corrected chi connectivity index (χ4v) is 2.57. The third kappa shape index (κ3) is 2.33. The molecule has 2 N–H and O–H groups in total. The summed E-state index contributed by atoms with van der Waals surface area (Å²) in [5.74, 6) is -0.229. The minimum absolute atomic E-state index is 0.229. The second kappa shape index (κ2) is 4.71. The highest BCUT2D eigenvalue weighted by molar-refractivity contribution is 6.30. The summed E-state index contributed by atoms with van der Waals surface area (Å²) in [4.78, 5) is 14.1. The first kappa shape index (κ1) is 12.5. The van der Waals surface area contributed by atoms with Crippen LogP contribution in [-0.2, 0) is 10.2 Å². The molecule has 1 aromatic rings. The van der Waals surface area contributed by atoms with Crippen LogP contribution in [0.2, 0.25) is 5.02 Å². The van der Waals surface area contributed by atoms with Gasteiger partial charge in [-0.25, -0.2) is 0 Å². The van der Waals surface area contributed by atoms with Gasteiger partial charge in [-0.3, -0.25) is 4.79 Å². The van der Waals surface area contributed by atoms with Gasteiger partial charge in [0.25, 0.3) is 0 Å². The van der Waals surface area contributed by atoms with E-state index in [0.29, 0.717) is 5.02 Å². The van der Waals surface area contributed by atoms with Crippen LogP contribution in [0.3, 0.4) is 0 Å². The summed E-state index contributed by atoms with van der Waals surface area (Å²) in [6.07, 6.45) is 1.56. The van der Waals surface area contributed by atoms with Crippen molar-refractivity contribution in [3.8, 4) is 0 Å². The quantitative estimate of drug-likeness (QED) is 0.786. The van der Waals surface area contributed by atoms with E-state index < -0.39 is 5.41 Å². The van der Waals surface area contributed by atoms with Gasteiger partial charge < -0.3 is 10.5 Å². The van der Waals surface area contributed by atoms with Crippen molar-refractivity contribution in [2.45, 2.75) is 18.3 Å². The standard InChI is InChI=1S/C12H16BClN2O/c13-16-7-5-12(6-8-16,11(15)17)9-1-3-10(14)4-2-9/h1-4H,5-8,13H2,(H2,15,17). The molecule has 0 radical (unpaired) electrons. The van der Waals surface area contributed by atoms with Crippen molar-refractivity contribution in [3.05, 3.63) is 34.9 Å². The van der Waals surface area contributed by atoms with Crippen LogP contribution in [-0.4, -0.2) is 31.8 Å². The number of hydrogen-bond acceptors (Lipinski definition) is 2. The number of carbonyl (C=O) groups excluding carboxylic acids is 1. The molecule has 1 aliphatic rings. The molecule has 0 spiro atoms. The highest BCUT2D eigenvalue weighted by Gasteiger charge is 2.40. The number of benzene rings is 1. The highest BCUT2D eigenvalue weighted by atomic mass is 35.5. The Balaban J connectivity index is 2.35. The summed E-state index contributed by atoms with van der Waals surface area (Å²) in [6.45, 7) is 1.79. The zero-order valence-corrected chi connectivity index (χ0v) is 10.7. The molecule has 1 fully saturated rings. The normalized spacial score (nSPS) is 20.1. The number of hydrogen-bond donors (Lipinski definition) is 1. The van der Waals surface area contributed by atoms with E-state index in [1.165, 1.54) is 0 Å². The summed E-state index contributed by atoms with van der Waals surface area (Å²) in [6, 6.07) is 7.47. The van der Waals surface area contributed by atoms with E-state index >= 15 is 0 Å². The average molecular weight is 251 g/mol. The van der Waals surface area contributed by atoms with Crippen molar-refractivity contribution in [3.63, 3.8) is 0 Å². The van der Waals surface area contributed by atoms with Gasteiger partial charge in [0, 0.05) is 5.02 Å². The van der Waals surface area contributed by atoms with Crippen LogP contribution in [0, 0.1) is 0 Å². The van der Waals surface area contributed by atoms with Gasteiger partial charge >= 0.3 is 0 Å². The SMILES string of the molecule is BN1CCC(C(N)=O)(c2ccc(Cl)cc2)CC1. The van der Waals surface area contributed by atoms with Gasteiger partial charge in [-0.05, 0) is 43.6 Å². The van der Waals surface area contributed by atoms with Gasteiger partial charge in [0.1, 0.15) is 0 Å². The van der Waals surface area contributed by atoms with Crippen LogP contribution < -0.4 is 5.73 Å². The maximum Gasteiger partial charge on any atom is 0.228 e. The topological polar surface area (TPSA) is 46.3 Å². The minimum atomic E-state index is -0.517. The van der Waals surface area contributed by atoms with Gasteiger partial charge in [-0.2, -0.15) is 0 Å². The van der Waals surface area contributed by atoms with Gasteiger partial charge in [0.05, 0.1) is 5.41 Å². The van der Waals surface area contributed by atoms with Gasteiger partial charge in [0.15, 0.2) is 7.98 Å². The summed E-state index contributed by atoms with van der Waals surface area (Å²) in [7, 11) is 2.06. The number of rotatable bonds is 2. The molecule has 0 aromatic heterocycles. The lowest BCUT2D eigenvalue weighted by Gasteiger charge is -2.39. The average Bonchev–Trinajstić information content (AvgIpc) is 2.31. The molecular weight excluding hydrogens is 234 g/mol.